The minimum absolute atomic E-state index is 0.0333. The summed E-state index contributed by atoms with van der Waals surface area (Å²) in [4.78, 5) is 39.6. The van der Waals surface area contributed by atoms with Crippen LogP contribution in [0, 0.1) is 0 Å². The second kappa shape index (κ2) is 14.2. The standard InChI is InChI=1S/C32H27ClN2O5S/c1-39-29-17-12-23(19-30(29)40-2)28(36)20-41-25-15-13-24(14-16-25)34-32(38)27(18-22-10-6-7-11-26(22)33)35-31(37)21-8-4-3-5-9-21/h3-19H,20H2,1-2H3,(H,34,38)(H,35,37)/b27-18-. The van der Waals surface area contributed by atoms with E-state index in [0.717, 1.165) is 4.90 Å². The number of Topliss-reactive ketones (excluding diaryl/α,β-unsaturated/α-hetero) is 1. The van der Waals surface area contributed by atoms with Crippen LogP contribution in [-0.4, -0.2) is 37.6 Å². The molecule has 0 unspecified atom stereocenters. The van der Waals surface area contributed by atoms with Crippen LogP contribution in [0.1, 0.15) is 26.3 Å². The number of hydrogen-bond acceptors (Lipinski definition) is 6. The number of ether oxygens (including phenoxy) is 2. The summed E-state index contributed by atoms with van der Waals surface area (Å²) >= 11 is 7.67. The number of nitrogens with one attached hydrogen (secondary N) is 2. The average Bonchev–Trinajstić information content (AvgIpc) is 3.01. The van der Waals surface area contributed by atoms with Gasteiger partial charge in [-0.2, -0.15) is 0 Å². The van der Waals surface area contributed by atoms with Gasteiger partial charge in [0.2, 0.25) is 0 Å². The second-order valence-electron chi connectivity index (χ2n) is 8.66. The molecule has 0 heterocycles. The van der Waals surface area contributed by atoms with E-state index in [0.29, 0.717) is 38.9 Å². The van der Waals surface area contributed by atoms with Crippen LogP contribution < -0.4 is 20.1 Å². The van der Waals surface area contributed by atoms with Gasteiger partial charge < -0.3 is 20.1 Å². The largest absolute Gasteiger partial charge is 0.493 e. The third-order valence-electron chi connectivity index (χ3n) is 5.92. The van der Waals surface area contributed by atoms with Crippen LogP contribution in [0.15, 0.2) is 108 Å². The number of hydrogen-bond donors (Lipinski definition) is 2. The number of methoxy groups -OCH3 is 2. The van der Waals surface area contributed by atoms with E-state index in [4.69, 9.17) is 21.1 Å². The lowest BCUT2D eigenvalue weighted by atomic mass is 10.1. The van der Waals surface area contributed by atoms with Crippen LogP contribution in [0.2, 0.25) is 5.02 Å². The highest BCUT2D eigenvalue weighted by Gasteiger charge is 2.16. The van der Waals surface area contributed by atoms with Crippen LogP contribution in [0.4, 0.5) is 5.69 Å². The smallest absolute Gasteiger partial charge is 0.272 e. The highest BCUT2D eigenvalue weighted by Crippen LogP contribution is 2.29. The van der Waals surface area contributed by atoms with Crippen molar-refractivity contribution in [3.8, 4) is 11.5 Å². The minimum Gasteiger partial charge on any atom is -0.493 e. The fourth-order valence-electron chi connectivity index (χ4n) is 3.76. The van der Waals surface area contributed by atoms with E-state index in [1.807, 2.05) is 12.1 Å². The number of ketones is 1. The van der Waals surface area contributed by atoms with E-state index in [-0.39, 0.29) is 17.2 Å². The summed E-state index contributed by atoms with van der Waals surface area (Å²) < 4.78 is 10.5. The Morgan fingerprint density at radius 1 is 0.805 bits per heavy atom. The number of carbonyl (C=O) groups excluding carboxylic acids is 3. The Morgan fingerprint density at radius 2 is 1.49 bits per heavy atom. The van der Waals surface area contributed by atoms with E-state index in [1.165, 1.54) is 32.1 Å². The molecule has 0 aliphatic heterocycles. The summed E-state index contributed by atoms with van der Waals surface area (Å²) in [6, 6.07) is 27.8. The Kier molecular flexibility index (Phi) is 10.2. The van der Waals surface area contributed by atoms with Gasteiger partial charge in [-0.25, -0.2) is 0 Å². The Labute approximate surface area is 247 Å². The predicted molar refractivity (Wildman–Crippen MR) is 163 cm³/mol. The Bertz CT molecular complexity index is 1570. The number of carbonyl (C=O) groups is 3. The zero-order valence-corrected chi connectivity index (χ0v) is 23.9. The first kappa shape index (κ1) is 29.5. The van der Waals surface area contributed by atoms with Crippen molar-refractivity contribution in [2.24, 2.45) is 0 Å². The molecule has 2 N–H and O–H groups in total. The summed E-state index contributed by atoms with van der Waals surface area (Å²) in [6.07, 6.45) is 1.53. The van der Waals surface area contributed by atoms with Gasteiger partial charge in [0.15, 0.2) is 17.3 Å². The molecule has 0 saturated carbocycles. The molecule has 9 heteroatoms. The molecule has 0 aromatic heterocycles. The maximum Gasteiger partial charge on any atom is 0.272 e. The molecule has 7 nitrogen and oxygen atoms in total. The van der Waals surface area contributed by atoms with Gasteiger partial charge in [0.05, 0.1) is 20.0 Å². The van der Waals surface area contributed by atoms with Gasteiger partial charge in [0.1, 0.15) is 5.70 Å². The van der Waals surface area contributed by atoms with Gasteiger partial charge in [-0.1, -0.05) is 48.0 Å². The molecule has 41 heavy (non-hydrogen) atoms. The highest BCUT2D eigenvalue weighted by molar-refractivity contribution is 8.00. The number of halogens is 1. The molecule has 0 bridgehead atoms. The van der Waals surface area contributed by atoms with Crippen molar-refractivity contribution >= 4 is 52.7 Å². The van der Waals surface area contributed by atoms with Gasteiger partial charge in [0, 0.05) is 26.7 Å². The molecule has 0 aliphatic rings. The molecular weight excluding hydrogens is 560 g/mol. The quantitative estimate of drug-likeness (QED) is 0.115. The van der Waals surface area contributed by atoms with Crippen molar-refractivity contribution in [2.45, 2.75) is 4.90 Å². The van der Waals surface area contributed by atoms with Crippen molar-refractivity contribution in [1.29, 1.82) is 0 Å². The lowest BCUT2D eigenvalue weighted by Gasteiger charge is -2.12. The summed E-state index contributed by atoms with van der Waals surface area (Å²) in [5, 5.41) is 5.95. The van der Waals surface area contributed by atoms with E-state index < -0.39 is 11.8 Å². The lowest BCUT2D eigenvalue weighted by Crippen LogP contribution is -2.30. The molecule has 2 amide bonds. The number of benzene rings is 4. The number of anilines is 1. The van der Waals surface area contributed by atoms with Crippen molar-refractivity contribution in [3.05, 3.63) is 124 Å². The van der Waals surface area contributed by atoms with Crippen molar-refractivity contribution < 1.29 is 23.9 Å². The van der Waals surface area contributed by atoms with Crippen molar-refractivity contribution in [2.75, 3.05) is 25.3 Å². The minimum atomic E-state index is -0.516. The van der Waals surface area contributed by atoms with E-state index in [9.17, 15) is 14.4 Å². The SMILES string of the molecule is COc1ccc(C(=O)CSc2ccc(NC(=O)/C(=C/c3ccccc3Cl)NC(=O)c3ccccc3)cc2)cc1OC. The first-order valence-corrected chi connectivity index (χ1v) is 13.9. The Morgan fingerprint density at radius 3 is 2.17 bits per heavy atom. The van der Waals surface area contributed by atoms with E-state index in [2.05, 4.69) is 10.6 Å². The van der Waals surface area contributed by atoms with Gasteiger partial charge in [-0.3, -0.25) is 14.4 Å². The van der Waals surface area contributed by atoms with Crippen LogP contribution in [0.25, 0.3) is 6.08 Å². The molecule has 0 fully saturated rings. The zero-order chi connectivity index (χ0) is 29.2. The van der Waals surface area contributed by atoms with E-state index >= 15 is 0 Å². The van der Waals surface area contributed by atoms with Gasteiger partial charge in [-0.15, -0.1) is 11.8 Å². The molecule has 0 radical (unpaired) electrons. The topological polar surface area (TPSA) is 93.7 Å². The summed E-state index contributed by atoms with van der Waals surface area (Å²) in [5.41, 5.74) is 2.07. The number of amides is 2. The molecule has 0 saturated heterocycles. The third kappa shape index (κ3) is 8.00. The maximum absolute atomic E-state index is 13.2. The molecule has 0 aliphatic carbocycles. The molecule has 4 rings (SSSR count). The fourth-order valence-corrected chi connectivity index (χ4v) is 4.75. The van der Waals surface area contributed by atoms with Gasteiger partial charge in [-0.05, 0) is 72.3 Å². The fraction of sp³-hybridized carbons (Fsp3) is 0.0938. The Balaban J connectivity index is 1.43. The van der Waals surface area contributed by atoms with Crippen molar-refractivity contribution in [3.63, 3.8) is 0 Å². The molecule has 4 aromatic carbocycles. The molecular formula is C32H27ClN2O5S. The average molecular weight is 587 g/mol. The Hall–Kier alpha value is -4.53. The van der Waals surface area contributed by atoms with Crippen LogP contribution in [-0.2, 0) is 4.79 Å². The zero-order valence-electron chi connectivity index (χ0n) is 22.3. The normalized spacial score (nSPS) is 11.0. The monoisotopic (exact) mass is 586 g/mol. The first-order chi connectivity index (χ1) is 19.9. The third-order valence-corrected chi connectivity index (χ3v) is 7.28. The van der Waals surface area contributed by atoms with E-state index in [1.54, 1.807) is 84.9 Å². The maximum atomic E-state index is 13.2. The predicted octanol–water partition coefficient (Wildman–Crippen LogP) is 6.74. The molecule has 0 spiro atoms. The first-order valence-electron chi connectivity index (χ1n) is 12.5. The van der Waals surface area contributed by atoms with Crippen LogP contribution >= 0.6 is 23.4 Å². The summed E-state index contributed by atoms with van der Waals surface area (Å²) in [6.45, 7) is 0. The lowest BCUT2D eigenvalue weighted by molar-refractivity contribution is -0.113. The molecule has 208 valence electrons. The van der Waals surface area contributed by atoms with Gasteiger partial charge >= 0.3 is 0 Å². The number of thioether (sulfide) groups is 1. The van der Waals surface area contributed by atoms with Crippen LogP contribution in [0.3, 0.4) is 0 Å². The number of rotatable bonds is 11. The summed E-state index contributed by atoms with van der Waals surface area (Å²) in [5.74, 6) is 0.266. The molecule has 0 atom stereocenters. The van der Waals surface area contributed by atoms with Gasteiger partial charge in [0.25, 0.3) is 11.8 Å². The second-order valence-corrected chi connectivity index (χ2v) is 10.1. The highest BCUT2D eigenvalue weighted by atomic mass is 35.5. The molecule has 4 aromatic rings. The van der Waals surface area contributed by atoms with Crippen LogP contribution in [0.5, 0.6) is 11.5 Å². The van der Waals surface area contributed by atoms with Crippen molar-refractivity contribution in [1.82, 2.24) is 5.32 Å². The summed E-state index contributed by atoms with van der Waals surface area (Å²) in [7, 11) is 3.06.